The van der Waals surface area contributed by atoms with Crippen LogP contribution in [0.4, 0.5) is 0 Å². The summed E-state index contributed by atoms with van der Waals surface area (Å²) in [6.07, 6.45) is 4.75. The second-order valence-electron chi connectivity index (χ2n) is 7.36. The molecular formula is C22H28N2O3S. The van der Waals surface area contributed by atoms with E-state index in [9.17, 15) is 13.2 Å². The summed E-state index contributed by atoms with van der Waals surface area (Å²) in [5.41, 5.74) is 1.54. The molecule has 6 heteroatoms. The number of carbonyl (C=O) groups is 1. The highest BCUT2D eigenvalue weighted by Gasteiger charge is 2.23. The van der Waals surface area contributed by atoms with E-state index in [1.165, 1.54) is 17.7 Å². The molecule has 5 nitrogen and oxygen atoms in total. The van der Waals surface area contributed by atoms with Gasteiger partial charge in [-0.05, 0) is 43.0 Å². The molecule has 0 aliphatic heterocycles. The van der Waals surface area contributed by atoms with Crippen LogP contribution in [0.3, 0.4) is 0 Å². The zero-order valence-electron chi connectivity index (χ0n) is 16.2. The first-order valence-corrected chi connectivity index (χ1v) is 11.4. The van der Waals surface area contributed by atoms with Crippen LogP contribution in [0, 0.1) is 0 Å². The molecule has 1 unspecified atom stereocenters. The Kier molecular flexibility index (Phi) is 6.86. The van der Waals surface area contributed by atoms with Gasteiger partial charge in [-0.2, -0.15) is 0 Å². The van der Waals surface area contributed by atoms with Crippen molar-refractivity contribution in [1.82, 2.24) is 10.0 Å². The van der Waals surface area contributed by atoms with Crippen molar-refractivity contribution in [3.63, 3.8) is 0 Å². The molecule has 1 fully saturated rings. The number of nitrogens with one attached hydrogen (secondary N) is 2. The van der Waals surface area contributed by atoms with Crippen molar-refractivity contribution < 1.29 is 13.2 Å². The summed E-state index contributed by atoms with van der Waals surface area (Å²) in [7, 11) is -3.61. The first-order chi connectivity index (χ1) is 13.5. The smallest absolute Gasteiger partial charge is 0.251 e. The third kappa shape index (κ3) is 5.20. The van der Waals surface area contributed by atoms with Crippen molar-refractivity contribution in [3.05, 3.63) is 65.7 Å². The lowest BCUT2D eigenvalue weighted by atomic mass is 9.96. The molecule has 1 aliphatic carbocycles. The fourth-order valence-corrected chi connectivity index (χ4v) is 5.03. The minimum absolute atomic E-state index is 0.00123. The third-order valence-corrected chi connectivity index (χ3v) is 6.87. The van der Waals surface area contributed by atoms with Gasteiger partial charge in [-0.1, -0.05) is 56.2 Å². The molecule has 2 aromatic rings. The van der Waals surface area contributed by atoms with Gasteiger partial charge in [0, 0.05) is 24.1 Å². The van der Waals surface area contributed by atoms with Crippen LogP contribution in [-0.4, -0.2) is 26.9 Å². The summed E-state index contributed by atoms with van der Waals surface area (Å²) in [5, 5.41) is 2.95. The molecule has 2 aromatic carbocycles. The van der Waals surface area contributed by atoms with Crippen LogP contribution in [-0.2, 0) is 10.0 Å². The van der Waals surface area contributed by atoms with Crippen LogP contribution >= 0.6 is 0 Å². The first kappa shape index (κ1) is 20.6. The maximum atomic E-state index is 12.6. The lowest BCUT2D eigenvalue weighted by molar-refractivity contribution is 0.0950. The maximum absolute atomic E-state index is 12.6. The van der Waals surface area contributed by atoms with Crippen LogP contribution in [0.25, 0.3) is 0 Å². The Morgan fingerprint density at radius 3 is 2.46 bits per heavy atom. The number of sulfonamides is 1. The molecule has 28 heavy (non-hydrogen) atoms. The molecule has 0 spiro atoms. The molecule has 1 amide bonds. The van der Waals surface area contributed by atoms with Gasteiger partial charge in [-0.15, -0.1) is 0 Å². The quantitative estimate of drug-likeness (QED) is 0.707. The Bertz CT molecular complexity index is 891. The van der Waals surface area contributed by atoms with Crippen molar-refractivity contribution in [2.24, 2.45) is 0 Å². The largest absolute Gasteiger partial charge is 0.351 e. The van der Waals surface area contributed by atoms with E-state index in [1.807, 2.05) is 18.2 Å². The fourth-order valence-electron chi connectivity index (χ4n) is 3.68. The number of hydrogen-bond acceptors (Lipinski definition) is 3. The number of carbonyl (C=O) groups excluding carboxylic acids is 1. The van der Waals surface area contributed by atoms with Crippen LogP contribution in [0.15, 0.2) is 59.5 Å². The molecule has 0 saturated heterocycles. The van der Waals surface area contributed by atoms with Gasteiger partial charge >= 0.3 is 0 Å². The van der Waals surface area contributed by atoms with Crippen molar-refractivity contribution in [3.8, 4) is 0 Å². The average molecular weight is 401 g/mol. The van der Waals surface area contributed by atoms with Crippen molar-refractivity contribution in [2.75, 3.05) is 6.54 Å². The number of amides is 1. The Balaban J connectivity index is 1.66. The molecule has 0 aromatic heterocycles. The van der Waals surface area contributed by atoms with Gasteiger partial charge in [0.25, 0.3) is 5.91 Å². The SMILES string of the molecule is CCC(CNC(=O)c1cccc(S(=O)(=O)NC2CCCC2)c1)c1ccccc1. The van der Waals surface area contributed by atoms with Crippen molar-refractivity contribution in [2.45, 2.75) is 55.9 Å². The minimum Gasteiger partial charge on any atom is -0.351 e. The molecule has 0 bridgehead atoms. The Morgan fingerprint density at radius 2 is 1.79 bits per heavy atom. The standard InChI is InChI=1S/C22H28N2O3S/c1-2-17(18-9-4-3-5-10-18)16-23-22(25)19-11-8-14-21(15-19)28(26,27)24-20-12-6-7-13-20/h3-5,8-11,14-15,17,20,24H,2,6-7,12-13,16H2,1H3,(H,23,25). The Morgan fingerprint density at radius 1 is 1.07 bits per heavy atom. The second kappa shape index (κ2) is 9.34. The first-order valence-electron chi connectivity index (χ1n) is 9.95. The lowest BCUT2D eigenvalue weighted by Crippen LogP contribution is -2.33. The van der Waals surface area contributed by atoms with Crippen molar-refractivity contribution >= 4 is 15.9 Å². The van der Waals surface area contributed by atoms with Gasteiger partial charge in [-0.25, -0.2) is 13.1 Å². The fraction of sp³-hybridized carbons (Fsp3) is 0.409. The van der Waals surface area contributed by atoms with Crippen LogP contribution < -0.4 is 10.0 Å². The van der Waals surface area contributed by atoms with Crippen molar-refractivity contribution in [1.29, 1.82) is 0 Å². The highest BCUT2D eigenvalue weighted by Crippen LogP contribution is 2.21. The molecule has 0 heterocycles. The van der Waals surface area contributed by atoms with Gasteiger partial charge in [-0.3, -0.25) is 4.79 Å². The van der Waals surface area contributed by atoms with E-state index in [4.69, 9.17) is 0 Å². The highest BCUT2D eigenvalue weighted by atomic mass is 32.2. The third-order valence-electron chi connectivity index (χ3n) is 5.36. The van der Waals surface area contributed by atoms with Gasteiger partial charge in [0.1, 0.15) is 0 Å². The average Bonchev–Trinajstić information content (AvgIpc) is 3.21. The Labute approximate surface area is 167 Å². The zero-order chi connectivity index (χ0) is 20.0. The zero-order valence-corrected chi connectivity index (χ0v) is 17.0. The molecule has 2 N–H and O–H groups in total. The summed E-state index contributed by atoms with van der Waals surface area (Å²) in [6.45, 7) is 2.60. The van der Waals surface area contributed by atoms with Crippen LogP contribution in [0.5, 0.6) is 0 Å². The topological polar surface area (TPSA) is 75.3 Å². The van der Waals surface area contributed by atoms with Gasteiger partial charge in [0.15, 0.2) is 0 Å². The molecule has 1 aliphatic rings. The lowest BCUT2D eigenvalue weighted by Gasteiger charge is -2.17. The summed E-state index contributed by atoms with van der Waals surface area (Å²) < 4.78 is 28.0. The molecule has 3 rings (SSSR count). The van der Waals surface area contributed by atoms with Gasteiger partial charge < -0.3 is 5.32 Å². The van der Waals surface area contributed by atoms with Crippen LogP contribution in [0.2, 0.25) is 0 Å². The summed E-state index contributed by atoms with van der Waals surface area (Å²) >= 11 is 0. The van der Waals surface area contributed by atoms with Gasteiger partial charge in [0.2, 0.25) is 10.0 Å². The number of rotatable bonds is 8. The van der Waals surface area contributed by atoms with E-state index in [1.54, 1.807) is 12.1 Å². The normalized spacial score (nSPS) is 16.0. The highest BCUT2D eigenvalue weighted by molar-refractivity contribution is 7.89. The summed E-state index contributed by atoms with van der Waals surface area (Å²) in [5.74, 6) is -0.0339. The summed E-state index contributed by atoms with van der Waals surface area (Å²) in [4.78, 5) is 12.7. The monoisotopic (exact) mass is 400 g/mol. The number of hydrogen-bond donors (Lipinski definition) is 2. The van der Waals surface area contributed by atoms with Crippen LogP contribution in [0.1, 0.15) is 60.9 Å². The molecule has 1 atom stereocenters. The van der Waals surface area contributed by atoms with Gasteiger partial charge in [0.05, 0.1) is 4.90 Å². The summed E-state index contributed by atoms with van der Waals surface area (Å²) in [6, 6.07) is 16.3. The number of benzene rings is 2. The Hall–Kier alpha value is -2.18. The minimum atomic E-state index is -3.61. The van der Waals surface area contributed by atoms with E-state index in [-0.39, 0.29) is 22.8 Å². The molecule has 1 saturated carbocycles. The predicted octanol–water partition coefficient (Wildman–Crippen LogP) is 3.83. The molecule has 0 radical (unpaired) electrons. The van der Waals surface area contributed by atoms with E-state index < -0.39 is 10.0 Å². The second-order valence-corrected chi connectivity index (χ2v) is 9.07. The van der Waals surface area contributed by atoms with E-state index in [0.29, 0.717) is 12.1 Å². The van der Waals surface area contributed by atoms with E-state index in [2.05, 4.69) is 29.1 Å². The molecule has 150 valence electrons. The van der Waals surface area contributed by atoms with E-state index >= 15 is 0 Å². The maximum Gasteiger partial charge on any atom is 0.251 e. The molecular weight excluding hydrogens is 372 g/mol. The predicted molar refractivity (Wildman–Crippen MR) is 111 cm³/mol. The van der Waals surface area contributed by atoms with E-state index in [0.717, 1.165) is 32.1 Å².